The van der Waals surface area contributed by atoms with Crippen molar-refractivity contribution in [2.75, 3.05) is 19.7 Å². The summed E-state index contributed by atoms with van der Waals surface area (Å²) in [4.78, 5) is 1.96. The van der Waals surface area contributed by atoms with Crippen molar-refractivity contribution in [3.63, 3.8) is 0 Å². The summed E-state index contributed by atoms with van der Waals surface area (Å²) in [5.41, 5.74) is 4.21. The number of nitrogens with zero attached hydrogens (tertiary/aromatic N) is 3. The van der Waals surface area contributed by atoms with E-state index in [0.717, 1.165) is 35.2 Å². The Morgan fingerprint density at radius 1 is 0.946 bits per heavy atom. The molecule has 3 aromatic carbocycles. The third-order valence-corrected chi connectivity index (χ3v) is 7.61. The Labute approximate surface area is 225 Å². The second kappa shape index (κ2) is 11.3. The second-order valence-electron chi connectivity index (χ2n) is 9.26. The number of halogens is 3. The van der Waals surface area contributed by atoms with Gasteiger partial charge in [-0.15, -0.1) is 0 Å². The Bertz CT molecular complexity index is 1370. The van der Waals surface area contributed by atoms with Gasteiger partial charge in [0.05, 0.1) is 16.4 Å². The van der Waals surface area contributed by atoms with E-state index in [9.17, 15) is 14.6 Å². The molecular weight excluding hydrogens is 512 g/mol. The van der Waals surface area contributed by atoms with Crippen molar-refractivity contribution in [3.8, 4) is 16.9 Å². The number of rotatable bonds is 7. The Morgan fingerprint density at radius 2 is 1.62 bits per heavy atom. The number of aliphatic hydroxyl groups is 2. The minimum Gasteiger partial charge on any atom is -0.396 e. The highest BCUT2D eigenvalue weighted by Gasteiger charge is 2.32. The first-order valence-corrected chi connectivity index (χ1v) is 13.1. The van der Waals surface area contributed by atoms with Crippen LogP contribution in [0.3, 0.4) is 0 Å². The third-order valence-electron chi connectivity index (χ3n) is 7.04. The van der Waals surface area contributed by atoms with Crippen LogP contribution in [0, 0.1) is 5.82 Å². The first-order valence-electron chi connectivity index (χ1n) is 12.4. The van der Waals surface area contributed by atoms with E-state index in [2.05, 4.69) is 0 Å². The molecule has 0 radical (unpaired) electrons. The van der Waals surface area contributed by atoms with Crippen molar-refractivity contribution in [2.45, 2.75) is 31.4 Å². The maximum absolute atomic E-state index is 14.3. The standard InChI is InChI=1S/C29H28Cl2FN3O2/c30-21-11-9-20(10-12-21)28-23(15-18-36)27(33-35(28)26-8-4-2-6-24(26)31)29(37)34-16-13-19(14-17-34)22-5-1-3-7-25(22)32/h1-12,19,29,36-37H,13-18H2. The molecule has 1 fully saturated rings. The Morgan fingerprint density at radius 3 is 2.30 bits per heavy atom. The smallest absolute Gasteiger partial charge is 0.152 e. The number of likely N-dealkylation sites (tertiary alicyclic amines) is 1. The molecule has 8 heteroatoms. The largest absolute Gasteiger partial charge is 0.396 e. The molecule has 192 valence electrons. The van der Waals surface area contributed by atoms with Gasteiger partial charge in [0.2, 0.25) is 0 Å². The molecule has 1 unspecified atom stereocenters. The van der Waals surface area contributed by atoms with Crippen LogP contribution in [-0.2, 0) is 6.42 Å². The van der Waals surface area contributed by atoms with Crippen molar-refractivity contribution >= 4 is 23.2 Å². The second-order valence-corrected chi connectivity index (χ2v) is 10.1. The number of piperidine rings is 1. The third kappa shape index (κ3) is 5.31. The lowest BCUT2D eigenvalue weighted by molar-refractivity contribution is -0.0171. The number of benzene rings is 3. The van der Waals surface area contributed by atoms with Gasteiger partial charge < -0.3 is 10.2 Å². The topological polar surface area (TPSA) is 61.5 Å². The molecule has 1 aromatic heterocycles. The van der Waals surface area contributed by atoms with E-state index in [4.69, 9.17) is 28.3 Å². The van der Waals surface area contributed by atoms with Gasteiger partial charge in [0.1, 0.15) is 11.5 Å². The average Bonchev–Trinajstić information content (AvgIpc) is 3.28. The maximum atomic E-state index is 14.3. The van der Waals surface area contributed by atoms with Gasteiger partial charge in [-0.25, -0.2) is 9.07 Å². The zero-order chi connectivity index (χ0) is 25.9. The fraction of sp³-hybridized carbons (Fsp3) is 0.276. The molecule has 5 nitrogen and oxygen atoms in total. The summed E-state index contributed by atoms with van der Waals surface area (Å²) in [5, 5.41) is 27.5. The zero-order valence-electron chi connectivity index (χ0n) is 20.2. The van der Waals surface area contributed by atoms with Gasteiger partial charge in [0.25, 0.3) is 0 Å². The number of hydrogen-bond donors (Lipinski definition) is 2. The molecule has 1 aliphatic rings. The molecule has 0 aliphatic carbocycles. The first kappa shape index (κ1) is 25.9. The average molecular weight is 540 g/mol. The summed E-state index contributed by atoms with van der Waals surface area (Å²) in [6, 6.07) is 21.7. The predicted octanol–water partition coefficient (Wildman–Crippen LogP) is 6.39. The van der Waals surface area contributed by atoms with Gasteiger partial charge in [-0.2, -0.15) is 5.10 Å². The number of aliphatic hydroxyl groups excluding tert-OH is 2. The number of para-hydroxylation sites is 1. The molecule has 1 saturated heterocycles. The highest BCUT2D eigenvalue weighted by molar-refractivity contribution is 6.32. The SMILES string of the molecule is OCCc1c(C(O)N2CCC(c3ccccc3F)CC2)nn(-c2ccccc2Cl)c1-c1ccc(Cl)cc1. The van der Waals surface area contributed by atoms with E-state index in [-0.39, 0.29) is 18.3 Å². The van der Waals surface area contributed by atoms with Crippen molar-refractivity contribution in [2.24, 2.45) is 0 Å². The Kier molecular flexibility index (Phi) is 7.93. The lowest BCUT2D eigenvalue weighted by Gasteiger charge is -2.35. The molecule has 5 rings (SSSR count). The van der Waals surface area contributed by atoms with E-state index in [1.165, 1.54) is 6.07 Å². The molecule has 37 heavy (non-hydrogen) atoms. The van der Waals surface area contributed by atoms with Crippen molar-refractivity contribution < 1.29 is 14.6 Å². The summed E-state index contributed by atoms with van der Waals surface area (Å²) in [6.45, 7) is 1.08. The van der Waals surface area contributed by atoms with Crippen molar-refractivity contribution in [3.05, 3.63) is 105 Å². The van der Waals surface area contributed by atoms with Crippen LogP contribution < -0.4 is 0 Å². The van der Waals surface area contributed by atoms with Crippen LogP contribution in [0.4, 0.5) is 4.39 Å². The molecule has 1 aliphatic heterocycles. The van der Waals surface area contributed by atoms with E-state index in [1.807, 2.05) is 47.4 Å². The summed E-state index contributed by atoms with van der Waals surface area (Å²) in [5.74, 6) is -0.0790. The molecule has 0 spiro atoms. The van der Waals surface area contributed by atoms with E-state index >= 15 is 0 Å². The minimum atomic E-state index is -0.988. The van der Waals surface area contributed by atoms with Crippen LogP contribution >= 0.6 is 23.2 Å². The highest BCUT2D eigenvalue weighted by Crippen LogP contribution is 2.38. The molecule has 2 heterocycles. The van der Waals surface area contributed by atoms with Crippen LogP contribution in [0.2, 0.25) is 10.0 Å². The van der Waals surface area contributed by atoms with Crippen LogP contribution in [0.15, 0.2) is 72.8 Å². The Balaban J connectivity index is 1.52. The van der Waals surface area contributed by atoms with Crippen LogP contribution in [0.1, 0.15) is 41.8 Å². The van der Waals surface area contributed by atoms with Crippen molar-refractivity contribution in [1.29, 1.82) is 0 Å². The van der Waals surface area contributed by atoms with Crippen molar-refractivity contribution in [1.82, 2.24) is 14.7 Å². The summed E-state index contributed by atoms with van der Waals surface area (Å²) in [7, 11) is 0. The van der Waals surface area contributed by atoms with Gasteiger partial charge in [-0.05, 0) is 61.1 Å². The van der Waals surface area contributed by atoms with Gasteiger partial charge in [-0.1, -0.05) is 65.7 Å². The van der Waals surface area contributed by atoms with Gasteiger partial charge in [-0.3, -0.25) is 4.90 Å². The molecule has 4 aromatic rings. The maximum Gasteiger partial charge on any atom is 0.152 e. The van der Waals surface area contributed by atoms with E-state index in [1.54, 1.807) is 28.9 Å². The lowest BCUT2D eigenvalue weighted by Crippen LogP contribution is -2.37. The predicted molar refractivity (Wildman–Crippen MR) is 145 cm³/mol. The molecule has 1 atom stereocenters. The zero-order valence-corrected chi connectivity index (χ0v) is 21.7. The van der Waals surface area contributed by atoms with Gasteiger partial charge in [0, 0.05) is 35.8 Å². The fourth-order valence-electron chi connectivity index (χ4n) is 5.17. The monoisotopic (exact) mass is 539 g/mol. The number of aromatic nitrogens is 2. The van der Waals surface area contributed by atoms with Gasteiger partial charge in [0.15, 0.2) is 6.23 Å². The van der Waals surface area contributed by atoms with Crippen LogP contribution in [0.25, 0.3) is 16.9 Å². The summed E-state index contributed by atoms with van der Waals surface area (Å²) >= 11 is 12.7. The lowest BCUT2D eigenvalue weighted by atomic mass is 9.89. The van der Waals surface area contributed by atoms with Gasteiger partial charge >= 0.3 is 0 Å². The fourth-order valence-corrected chi connectivity index (χ4v) is 5.51. The highest BCUT2D eigenvalue weighted by atomic mass is 35.5. The quantitative estimate of drug-likeness (QED) is 0.285. The first-order chi connectivity index (χ1) is 18.0. The number of hydrogen-bond acceptors (Lipinski definition) is 4. The van der Waals surface area contributed by atoms with E-state index < -0.39 is 6.23 Å². The molecule has 0 amide bonds. The molecular formula is C29H28Cl2FN3O2. The van der Waals surface area contributed by atoms with Crippen LogP contribution in [0.5, 0.6) is 0 Å². The normalized spacial score (nSPS) is 15.7. The Hall–Kier alpha value is -2.74. The molecule has 0 saturated carbocycles. The molecule has 2 N–H and O–H groups in total. The summed E-state index contributed by atoms with van der Waals surface area (Å²) in [6.07, 6.45) is 0.768. The minimum absolute atomic E-state index is 0.104. The van der Waals surface area contributed by atoms with E-state index in [0.29, 0.717) is 40.9 Å². The summed E-state index contributed by atoms with van der Waals surface area (Å²) < 4.78 is 16.1. The van der Waals surface area contributed by atoms with Crippen LogP contribution in [-0.4, -0.2) is 44.6 Å². The molecule has 0 bridgehead atoms.